The van der Waals surface area contributed by atoms with E-state index in [1.165, 1.54) is 27.8 Å². The van der Waals surface area contributed by atoms with E-state index in [1.54, 1.807) is 17.0 Å². The highest BCUT2D eigenvalue weighted by Crippen LogP contribution is 2.22. The summed E-state index contributed by atoms with van der Waals surface area (Å²) in [5.74, 6) is -0.687. The standard InChI is InChI=1S/C18H22FN3O5S3/c1-29(24,25)20-9-8-15-4-7-17(28-15)18(23)21-10-12-22(13-11-21)30(26,27)16-5-2-14(19)3-6-16/h2-7,20H,8-13H2,1H3. The third-order valence-electron chi connectivity index (χ3n) is 4.59. The molecule has 30 heavy (non-hydrogen) atoms. The Balaban J connectivity index is 1.57. The smallest absolute Gasteiger partial charge is 0.264 e. The van der Waals surface area contributed by atoms with Gasteiger partial charge in [-0.05, 0) is 42.8 Å². The molecule has 0 atom stereocenters. The number of carbonyl (C=O) groups is 1. The molecule has 164 valence electrons. The summed E-state index contributed by atoms with van der Waals surface area (Å²) in [6.07, 6.45) is 1.57. The van der Waals surface area contributed by atoms with Crippen molar-refractivity contribution in [2.45, 2.75) is 11.3 Å². The lowest BCUT2D eigenvalue weighted by atomic mass is 10.3. The van der Waals surface area contributed by atoms with Crippen LogP contribution in [0.2, 0.25) is 0 Å². The molecule has 1 aromatic carbocycles. The quantitative estimate of drug-likeness (QED) is 0.647. The van der Waals surface area contributed by atoms with Gasteiger partial charge in [-0.25, -0.2) is 25.9 Å². The molecule has 0 unspecified atom stereocenters. The van der Waals surface area contributed by atoms with Crippen LogP contribution in [0.5, 0.6) is 0 Å². The molecule has 0 saturated carbocycles. The number of sulfonamides is 2. The highest BCUT2D eigenvalue weighted by atomic mass is 32.2. The lowest BCUT2D eigenvalue weighted by Gasteiger charge is -2.33. The van der Waals surface area contributed by atoms with E-state index in [1.807, 2.05) is 0 Å². The first kappa shape index (κ1) is 22.8. The number of hydrogen-bond donors (Lipinski definition) is 1. The van der Waals surface area contributed by atoms with E-state index >= 15 is 0 Å². The summed E-state index contributed by atoms with van der Waals surface area (Å²) >= 11 is 1.30. The molecule has 1 aromatic heterocycles. The molecule has 1 aliphatic rings. The van der Waals surface area contributed by atoms with Crippen molar-refractivity contribution in [1.82, 2.24) is 13.9 Å². The molecule has 2 heterocycles. The van der Waals surface area contributed by atoms with Gasteiger partial charge in [-0.2, -0.15) is 4.31 Å². The van der Waals surface area contributed by atoms with Crippen molar-refractivity contribution in [3.8, 4) is 0 Å². The molecule has 1 amide bonds. The molecule has 1 saturated heterocycles. The van der Waals surface area contributed by atoms with Gasteiger partial charge in [0.05, 0.1) is 16.0 Å². The van der Waals surface area contributed by atoms with Gasteiger partial charge in [0.25, 0.3) is 5.91 Å². The first-order valence-corrected chi connectivity index (χ1v) is 13.3. The average Bonchev–Trinajstić information content (AvgIpc) is 3.16. The zero-order valence-corrected chi connectivity index (χ0v) is 18.7. The summed E-state index contributed by atoms with van der Waals surface area (Å²) in [7, 11) is -6.99. The Hall–Kier alpha value is -1.86. The van der Waals surface area contributed by atoms with E-state index < -0.39 is 25.9 Å². The molecule has 2 aromatic rings. The SMILES string of the molecule is CS(=O)(=O)NCCc1ccc(C(=O)N2CCN(S(=O)(=O)c3ccc(F)cc3)CC2)s1. The molecule has 0 spiro atoms. The predicted octanol–water partition coefficient (Wildman–Crippen LogP) is 1.13. The molecule has 3 rings (SSSR count). The summed E-state index contributed by atoms with van der Waals surface area (Å²) in [6.45, 7) is 1.07. The van der Waals surface area contributed by atoms with Crippen LogP contribution in [0.15, 0.2) is 41.3 Å². The Morgan fingerprint density at radius 1 is 1.03 bits per heavy atom. The summed E-state index contributed by atoms with van der Waals surface area (Å²) in [5, 5.41) is 0. The number of rotatable bonds is 7. The maximum absolute atomic E-state index is 13.1. The van der Waals surface area contributed by atoms with Crippen LogP contribution >= 0.6 is 11.3 Å². The second-order valence-electron chi connectivity index (χ2n) is 6.83. The van der Waals surface area contributed by atoms with Gasteiger partial charge in [-0.15, -0.1) is 11.3 Å². The van der Waals surface area contributed by atoms with Crippen molar-refractivity contribution in [3.05, 3.63) is 52.0 Å². The summed E-state index contributed by atoms with van der Waals surface area (Å²) in [5.41, 5.74) is 0. The van der Waals surface area contributed by atoms with Gasteiger partial charge in [-0.1, -0.05) is 0 Å². The van der Waals surface area contributed by atoms with E-state index in [4.69, 9.17) is 0 Å². The highest BCUT2D eigenvalue weighted by molar-refractivity contribution is 7.89. The molecule has 12 heteroatoms. The Bertz CT molecular complexity index is 1110. The Kier molecular flexibility index (Phi) is 6.92. The maximum Gasteiger partial charge on any atom is 0.264 e. The van der Waals surface area contributed by atoms with E-state index in [0.29, 0.717) is 11.3 Å². The average molecular weight is 476 g/mol. The molecule has 8 nitrogen and oxygen atoms in total. The summed E-state index contributed by atoms with van der Waals surface area (Å²) in [4.78, 5) is 15.8. The number of benzene rings is 1. The maximum atomic E-state index is 13.1. The predicted molar refractivity (Wildman–Crippen MR) is 112 cm³/mol. The van der Waals surface area contributed by atoms with Crippen LogP contribution in [0.25, 0.3) is 0 Å². The number of nitrogens with zero attached hydrogens (tertiary/aromatic N) is 2. The minimum absolute atomic E-state index is 0.0225. The van der Waals surface area contributed by atoms with Crippen LogP contribution in [0, 0.1) is 5.82 Å². The van der Waals surface area contributed by atoms with Gasteiger partial charge in [0.1, 0.15) is 5.82 Å². The Labute approximate surface area is 179 Å². The van der Waals surface area contributed by atoms with Crippen molar-refractivity contribution in [2.75, 3.05) is 39.0 Å². The fourth-order valence-corrected chi connectivity index (χ4v) is 5.90. The van der Waals surface area contributed by atoms with E-state index in [0.717, 1.165) is 23.3 Å². The van der Waals surface area contributed by atoms with Crippen LogP contribution in [0.3, 0.4) is 0 Å². The zero-order valence-electron chi connectivity index (χ0n) is 16.2. The van der Waals surface area contributed by atoms with Crippen LogP contribution < -0.4 is 4.72 Å². The van der Waals surface area contributed by atoms with Crippen LogP contribution in [-0.4, -0.2) is 70.9 Å². The van der Waals surface area contributed by atoms with Crippen molar-refractivity contribution in [1.29, 1.82) is 0 Å². The lowest BCUT2D eigenvalue weighted by Crippen LogP contribution is -2.50. The number of carbonyl (C=O) groups excluding carboxylic acids is 1. The van der Waals surface area contributed by atoms with Crippen molar-refractivity contribution in [3.63, 3.8) is 0 Å². The molecular formula is C18H22FN3O5S3. The number of piperazine rings is 1. The minimum Gasteiger partial charge on any atom is -0.335 e. The fraction of sp³-hybridized carbons (Fsp3) is 0.389. The monoisotopic (exact) mass is 475 g/mol. The number of halogens is 1. The van der Waals surface area contributed by atoms with Crippen molar-refractivity contribution in [2.24, 2.45) is 0 Å². The Morgan fingerprint density at radius 2 is 1.67 bits per heavy atom. The topological polar surface area (TPSA) is 104 Å². The van der Waals surface area contributed by atoms with Crippen LogP contribution in [0.4, 0.5) is 4.39 Å². The molecule has 1 N–H and O–H groups in total. The number of amides is 1. The van der Waals surface area contributed by atoms with Crippen molar-refractivity contribution >= 4 is 37.3 Å². The third-order valence-corrected chi connectivity index (χ3v) is 8.36. The van der Waals surface area contributed by atoms with E-state index in [2.05, 4.69) is 4.72 Å². The number of thiophene rings is 1. The molecular weight excluding hydrogens is 453 g/mol. The first-order valence-electron chi connectivity index (χ1n) is 9.14. The second-order valence-corrected chi connectivity index (χ2v) is 11.8. The zero-order chi connectivity index (χ0) is 21.9. The minimum atomic E-state index is -3.74. The molecule has 1 aliphatic heterocycles. The van der Waals surface area contributed by atoms with Gasteiger partial charge < -0.3 is 4.90 Å². The van der Waals surface area contributed by atoms with Gasteiger partial charge >= 0.3 is 0 Å². The number of nitrogens with one attached hydrogen (secondary N) is 1. The fourth-order valence-electron chi connectivity index (χ4n) is 3.03. The molecule has 0 aliphatic carbocycles. The van der Waals surface area contributed by atoms with Gasteiger partial charge in [0, 0.05) is 37.6 Å². The van der Waals surface area contributed by atoms with E-state index in [-0.39, 0.29) is 43.5 Å². The van der Waals surface area contributed by atoms with E-state index in [9.17, 15) is 26.0 Å². The van der Waals surface area contributed by atoms with Gasteiger partial charge in [0.15, 0.2) is 0 Å². The van der Waals surface area contributed by atoms with Crippen molar-refractivity contribution < 1.29 is 26.0 Å². The van der Waals surface area contributed by atoms with Crippen LogP contribution in [0.1, 0.15) is 14.5 Å². The largest absolute Gasteiger partial charge is 0.335 e. The second kappa shape index (κ2) is 9.10. The molecule has 0 bridgehead atoms. The summed E-state index contributed by atoms with van der Waals surface area (Å²) in [6, 6.07) is 8.16. The Morgan fingerprint density at radius 3 is 2.27 bits per heavy atom. The van der Waals surface area contributed by atoms with Gasteiger partial charge in [-0.3, -0.25) is 4.79 Å². The summed E-state index contributed by atoms with van der Waals surface area (Å²) < 4.78 is 64.3. The molecule has 1 fully saturated rings. The number of hydrogen-bond acceptors (Lipinski definition) is 6. The molecule has 0 radical (unpaired) electrons. The van der Waals surface area contributed by atoms with Gasteiger partial charge in [0.2, 0.25) is 20.0 Å². The first-order chi connectivity index (χ1) is 14.1. The van der Waals surface area contributed by atoms with Crippen LogP contribution in [-0.2, 0) is 26.5 Å². The third kappa shape index (κ3) is 5.64. The lowest BCUT2D eigenvalue weighted by molar-refractivity contribution is 0.0703. The normalized spacial score (nSPS) is 16.0. The highest BCUT2D eigenvalue weighted by Gasteiger charge is 2.30.